The molecular weight excluding hydrogens is 509 g/mol. The van der Waals surface area contributed by atoms with Crippen molar-refractivity contribution < 1.29 is 18.8 Å². The number of rotatable bonds is 11. The van der Waals surface area contributed by atoms with Crippen molar-refractivity contribution in [1.29, 1.82) is 5.26 Å². The second-order valence-corrected chi connectivity index (χ2v) is 10.6. The third kappa shape index (κ3) is 8.62. The van der Waals surface area contributed by atoms with E-state index in [1.165, 1.54) is 0 Å². The number of benzene rings is 1. The molecule has 1 fully saturated rings. The second-order valence-electron chi connectivity index (χ2n) is 10.6. The maximum Gasteiger partial charge on any atom is 0.253 e. The number of amides is 3. The maximum atomic E-state index is 13.7. The number of likely N-dealkylation sites (tertiary alicyclic amines) is 1. The number of allylic oxidation sites excluding steroid dienone is 6. The Morgan fingerprint density at radius 3 is 2.45 bits per heavy atom. The average molecular weight is 550 g/mol. The number of hydrogen-bond donors (Lipinski definition) is 3. The zero-order chi connectivity index (χ0) is 29.1. The Balaban J connectivity index is 1.76. The minimum atomic E-state index is -0.911. The summed E-state index contributed by atoms with van der Waals surface area (Å²) in [6.07, 6.45) is 9.29. The fraction of sp³-hybridized carbons (Fsp3) is 0.484. The molecule has 8 nitrogen and oxygen atoms in total. The van der Waals surface area contributed by atoms with Crippen LogP contribution in [0, 0.1) is 17.2 Å². The van der Waals surface area contributed by atoms with E-state index in [0.717, 1.165) is 0 Å². The van der Waals surface area contributed by atoms with Gasteiger partial charge in [-0.05, 0) is 55.0 Å². The highest BCUT2D eigenvalue weighted by atomic mass is 19.1. The molecule has 1 heterocycles. The lowest BCUT2D eigenvalue weighted by atomic mass is 9.88. The molecule has 2 atom stereocenters. The summed E-state index contributed by atoms with van der Waals surface area (Å²) in [5.74, 6) is -0.764. The number of nitriles is 1. The minimum absolute atomic E-state index is 0.0672. The third-order valence-corrected chi connectivity index (χ3v) is 7.01. The normalized spacial score (nSPS) is 18.1. The van der Waals surface area contributed by atoms with E-state index in [9.17, 15) is 24.0 Å². The summed E-state index contributed by atoms with van der Waals surface area (Å²) in [6, 6.07) is 6.84. The van der Waals surface area contributed by atoms with Crippen molar-refractivity contribution in [3.63, 3.8) is 0 Å². The van der Waals surface area contributed by atoms with Crippen molar-refractivity contribution in [2.75, 3.05) is 32.7 Å². The van der Waals surface area contributed by atoms with Crippen LogP contribution in [0.25, 0.3) is 0 Å². The summed E-state index contributed by atoms with van der Waals surface area (Å²) in [5.41, 5.74) is 1.76. The molecule has 0 radical (unpaired) electrons. The Kier molecular flexibility index (Phi) is 11.6. The van der Waals surface area contributed by atoms with Crippen LogP contribution in [0.1, 0.15) is 72.2 Å². The third-order valence-electron chi connectivity index (χ3n) is 7.01. The molecule has 0 spiro atoms. The fourth-order valence-electron chi connectivity index (χ4n) is 4.70. The van der Waals surface area contributed by atoms with E-state index in [-0.39, 0.29) is 30.3 Å². The van der Waals surface area contributed by atoms with Crippen molar-refractivity contribution in [3.8, 4) is 6.07 Å². The molecule has 1 aliphatic heterocycles. The molecule has 214 valence electrons. The Morgan fingerprint density at radius 2 is 1.77 bits per heavy atom. The van der Waals surface area contributed by atoms with Crippen LogP contribution in [0.5, 0.6) is 0 Å². The molecule has 3 amide bonds. The number of piperidine rings is 1. The van der Waals surface area contributed by atoms with E-state index >= 15 is 0 Å². The van der Waals surface area contributed by atoms with Crippen molar-refractivity contribution >= 4 is 17.7 Å². The van der Waals surface area contributed by atoms with Crippen LogP contribution in [-0.2, 0) is 4.79 Å². The van der Waals surface area contributed by atoms with E-state index in [0.29, 0.717) is 73.6 Å². The van der Waals surface area contributed by atoms with E-state index in [2.05, 4.69) is 22.0 Å². The van der Waals surface area contributed by atoms with Gasteiger partial charge >= 0.3 is 0 Å². The molecular formula is C31H40FN5O3. The molecule has 9 heteroatoms. The summed E-state index contributed by atoms with van der Waals surface area (Å²) < 4.78 is 13.7. The van der Waals surface area contributed by atoms with Gasteiger partial charge < -0.3 is 20.9 Å². The van der Waals surface area contributed by atoms with Crippen LogP contribution < -0.4 is 16.0 Å². The van der Waals surface area contributed by atoms with Gasteiger partial charge in [0.05, 0.1) is 12.1 Å². The second kappa shape index (κ2) is 15.1. The molecule has 0 saturated carbocycles. The predicted octanol–water partition coefficient (Wildman–Crippen LogP) is 3.79. The molecule has 1 aromatic carbocycles. The molecule has 0 bridgehead atoms. The molecule has 2 unspecified atom stereocenters. The number of nitrogens with zero attached hydrogens (tertiary/aromatic N) is 2. The van der Waals surface area contributed by atoms with Gasteiger partial charge in [0.1, 0.15) is 6.17 Å². The van der Waals surface area contributed by atoms with Gasteiger partial charge in [0.15, 0.2) is 0 Å². The lowest BCUT2D eigenvalue weighted by Gasteiger charge is -2.29. The largest absolute Gasteiger partial charge is 0.354 e. The molecule has 1 saturated heterocycles. The van der Waals surface area contributed by atoms with Crippen molar-refractivity contribution in [1.82, 2.24) is 20.9 Å². The Bertz CT molecular complexity index is 1190. The quantitative estimate of drug-likeness (QED) is 0.364. The lowest BCUT2D eigenvalue weighted by molar-refractivity contribution is -0.123. The van der Waals surface area contributed by atoms with Gasteiger partial charge in [0.2, 0.25) is 5.91 Å². The summed E-state index contributed by atoms with van der Waals surface area (Å²) in [6.45, 7) is 7.89. The summed E-state index contributed by atoms with van der Waals surface area (Å²) in [5, 5.41) is 18.7. The Morgan fingerprint density at radius 1 is 1.05 bits per heavy atom. The predicted molar refractivity (Wildman–Crippen MR) is 153 cm³/mol. The first-order valence-corrected chi connectivity index (χ1v) is 14.1. The highest BCUT2D eigenvalue weighted by Crippen LogP contribution is 2.30. The van der Waals surface area contributed by atoms with E-state index < -0.39 is 12.1 Å². The van der Waals surface area contributed by atoms with Gasteiger partial charge in [-0.3, -0.25) is 14.4 Å². The molecule has 3 N–H and O–H groups in total. The number of carbonyl (C=O) groups excluding carboxylic acids is 3. The van der Waals surface area contributed by atoms with Crippen LogP contribution >= 0.6 is 0 Å². The standard InChI is InChI=1S/C31H40FN5O3/c1-4-28(30(39)36-20-21(2)3)34-12-13-35-29(38)24-16-23(27-9-7-5-6-8-22(27)19-33)17-25(18-24)31(40)37-14-10-26(32)11-15-37/h5-9,16-18,21,26-28,34H,4,10-15,20H2,1-3H3,(H,35,38)(H,36,39). The number of carbonyl (C=O) groups is 3. The van der Waals surface area contributed by atoms with E-state index in [1.54, 1.807) is 35.3 Å². The number of alkyl halides is 1. The van der Waals surface area contributed by atoms with Crippen LogP contribution in [0.2, 0.25) is 0 Å². The van der Waals surface area contributed by atoms with Gasteiger partial charge in [0, 0.05) is 55.3 Å². The Hall–Kier alpha value is -3.77. The first-order chi connectivity index (χ1) is 19.2. The van der Waals surface area contributed by atoms with Gasteiger partial charge in [-0.15, -0.1) is 0 Å². The van der Waals surface area contributed by atoms with Crippen LogP contribution in [0.3, 0.4) is 0 Å². The number of hydrogen-bond acceptors (Lipinski definition) is 5. The van der Waals surface area contributed by atoms with Gasteiger partial charge in [-0.25, -0.2) is 4.39 Å². The molecule has 1 aromatic rings. The van der Waals surface area contributed by atoms with Crippen LogP contribution in [-0.4, -0.2) is 67.6 Å². The SMILES string of the molecule is CCC(NCCNC(=O)c1cc(C(=O)N2CCC(F)CC2)cc(C2C=CC=CC=C2C#N)c1)C(=O)NCC(C)C. The Labute approximate surface area is 236 Å². The summed E-state index contributed by atoms with van der Waals surface area (Å²) in [7, 11) is 0. The first kappa shape index (κ1) is 30.8. The highest BCUT2D eigenvalue weighted by Gasteiger charge is 2.26. The van der Waals surface area contributed by atoms with Gasteiger partial charge in [-0.2, -0.15) is 5.26 Å². The number of halogens is 1. The number of nitrogens with one attached hydrogen (secondary N) is 3. The maximum absolute atomic E-state index is 13.7. The van der Waals surface area contributed by atoms with Gasteiger partial charge in [0.25, 0.3) is 11.8 Å². The topological polar surface area (TPSA) is 114 Å². The lowest BCUT2D eigenvalue weighted by Crippen LogP contribution is -2.47. The monoisotopic (exact) mass is 549 g/mol. The minimum Gasteiger partial charge on any atom is -0.354 e. The molecule has 3 rings (SSSR count). The highest BCUT2D eigenvalue weighted by molar-refractivity contribution is 6.00. The summed E-state index contributed by atoms with van der Waals surface area (Å²) >= 11 is 0. The first-order valence-electron chi connectivity index (χ1n) is 14.1. The van der Waals surface area contributed by atoms with E-state index in [1.807, 2.05) is 39.0 Å². The summed E-state index contributed by atoms with van der Waals surface area (Å²) in [4.78, 5) is 40.6. The fourth-order valence-corrected chi connectivity index (χ4v) is 4.70. The van der Waals surface area contributed by atoms with Crippen molar-refractivity contribution in [2.45, 2.75) is 58.2 Å². The van der Waals surface area contributed by atoms with Crippen molar-refractivity contribution in [2.24, 2.45) is 5.92 Å². The van der Waals surface area contributed by atoms with Crippen molar-refractivity contribution in [3.05, 3.63) is 70.8 Å². The molecule has 0 aromatic heterocycles. The smallest absolute Gasteiger partial charge is 0.253 e. The van der Waals surface area contributed by atoms with Gasteiger partial charge in [-0.1, -0.05) is 45.1 Å². The van der Waals surface area contributed by atoms with E-state index in [4.69, 9.17) is 0 Å². The average Bonchev–Trinajstić information content (AvgIpc) is 3.21. The van der Waals surface area contributed by atoms with Crippen LogP contribution in [0.4, 0.5) is 4.39 Å². The molecule has 1 aliphatic carbocycles. The van der Waals surface area contributed by atoms with Crippen LogP contribution in [0.15, 0.2) is 54.2 Å². The zero-order valence-electron chi connectivity index (χ0n) is 23.6. The molecule has 40 heavy (non-hydrogen) atoms. The molecule has 2 aliphatic rings. The zero-order valence-corrected chi connectivity index (χ0v) is 23.6.